The number of hydrogen-bond acceptors (Lipinski definition) is 13. The lowest BCUT2D eigenvalue weighted by atomic mass is 9.85. The Kier molecular flexibility index (Phi) is 10.5. The molecule has 2 aromatic heterocycles. The lowest BCUT2D eigenvalue weighted by Crippen LogP contribution is -2.45. The molecule has 43 heavy (non-hydrogen) atoms. The second-order valence-corrected chi connectivity index (χ2v) is 15.5. The largest absolute Gasteiger partial charge is 0.408 e. The van der Waals surface area contributed by atoms with E-state index in [-0.39, 0.29) is 35.4 Å². The van der Waals surface area contributed by atoms with Crippen LogP contribution < -0.4 is 11.3 Å². The molecule has 0 aromatic carbocycles. The number of ether oxygens (including phenoxy) is 1. The minimum atomic E-state index is -3.88. The summed E-state index contributed by atoms with van der Waals surface area (Å²) in [4.78, 5) is 37.6. The van der Waals surface area contributed by atoms with Crippen LogP contribution >= 0.6 is 19.5 Å². The van der Waals surface area contributed by atoms with Gasteiger partial charge >= 0.3 is 7.75 Å². The van der Waals surface area contributed by atoms with Crippen LogP contribution in [0.25, 0.3) is 11.2 Å². The molecule has 0 radical (unpaired) electrons. The van der Waals surface area contributed by atoms with Crippen molar-refractivity contribution in [2.24, 2.45) is 11.3 Å². The highest BCUT2D eigenvalue weighted by molar-refractivity contribution is 8.13. The third-order valence-electron chi connectivity index (χ3n) is 7.73. The van der Waals surface area contributed by atoms with E-state index in [2.05, 4.69) is 33.7 Å². The van der Waals surface area contributed by atoms with E-state index in [9.17, 15) is 24.4 Å². The third-order valence-corrected chi connectivity index (χ3v) is 11.0. The van der Waals surface area contributed by atoms with E-state index in [1.54, 1.807) is 4.67 Å². The molecule has 2 aliphatic rings. The molecule has 2 saturated heterocycles. The molecule has 17 heteroatoms. The van der Waals surface area contributed by atoms with Crippen molar-refractivity contribution in [3.63, 3.8) is 0 Å². The molecule has 0 amide bonds. The summed E-state index contributed by atoms with van der Waals surface area (Å²) in [6, 6.07) is 0. The maximum atomic E-state index is 14.1. The number of thioether (sulfide) groups is 1. The van der Waals surface area contributed by atoms with Gasteiger partial charge in [0.1, 0.15) is 17.8 Å². The zero-order valence-corrected chi connectivity index (χ0v) is 27.3. The minimum Gasteiger partial charge on any atom is -0.387 e. The number of aromatic amines is 1. The molecule has 5 atom stereocenters. The van der Waals surface area contributed by atoms with Gasteiger partial charge in [0.05, 0.1) is 19.5 Å². The van der Waals surface area contributed by atoms with Crippen LogP contribution in [-0.2, 0) is 23.1 Å². The number of nitrogens with one attached hydrogen (secondary N) is 1. The van der Waals surface area contributed by atoms with E-state index >= 15 is 0 Å². The summed E-state index contributed by atoms with van der Waals surface area (Å²) >= 11 is 1.15. The van der Waals surface area contributed by atoms with Crippen LogP contribution in [0.2, 0.25) is 0 Å². The summed E-state index contributed by atoms with van der Waals surface area (Å²) in [7, 11) is -1.92. The van der Waals surface area contributed by atoms with Gasteiger partial charge in [0.25, 0.3) is 5.56 Å². The van der Waals surface area contributed by atoms with E-state index in [4.69, 9.17) is 19.5 Å². The number of aliphatic hydroxyl groups excluding tert-OH is 1. The van der Waals surface area contributed by atoms with Crippen LogP contribution in [-0.4, -0.2) is 114 Å². The lowest BCUT2D eigenvalue weighted by molar-refractivity contribution is -0.118. The minimum absolute atomic E-state index is 0.00879. The smallest absolute Gasteiger partial charge is 0.387 e. The van der Waals surface area contributed by atoms with Gasteiger partial charge in [-0.3, -0.25) is 28.2 Å². The fraction of sp³-hybridized carbons (Fsp3) is 0.769. The highest BCUT2D eigenvalue weighted by Crippen LogP contribution is 2.53. The Hall–Kier alpha value is -1.88. The highest BCUT2D eigenvalue weighted by Gasteiger charge is 2.54. The molecule has 242 valence electrons. The van der Waals surface area contributed by atoms with E-state index < -0.39 is 42.8 Å². The molecule has 2 aromatic rings. The number of carbonyl (C=O) groups excluding carboxylic acids is 1. The van der Waals surface area contributed by atoms with Crippen molar-refractivity contribution in [2.75, 3.05) is 57.9 Å². The molecule has 4 rings (SSSR count). The Morgan fingerprint density at radius 1 is 1.33 bits per heavy atom. The SMILES string of the molecule is CC(C)CC(C)(C)C(=O)SCCOP(=O)(OCC1OC(n2cnc3c(=O)[nH]c(N)nc32)C(C)(O)C1O)N1CCN(C)CC1. The number of nitrogen functional groups attached to an aromatic ring is 1. The van der Waals surface area contributed by atoms with Gasteiger partial charge < -0.3 is 25.6 Å². The number of likely N-dealkylation sites (N-methyl/N-ethyl adjacent to an activating group) is 1. The maximum Gasteiger partial charge on any atom is 0.408 e. The molecule has 5 N–H and O–H groups in total. The zero-order chi connectivity index (χ0) is 31.7. The number of nitrogens with two attached hydrogens (primary N) is 1. The zero-order valence-electron chi connectivity index (χ0n) is 25.6. The maximum absolute atomic E-state index is 14.1. The van der Waals surface area contributed by atoms with Crippen LogP contribution in [0.5, 0.6) is 0 Å². The first kappa shape index (κ1) is 34.0. The first-order valence-corrected chi connectivity index (χ1v) is 16.8. The number of imidazole rings is 1. The normalized spacial score (nSPS) is 27.2. The quantitative estimate of drug-likeness (QED) is 0.191. The molecular formula is C26H44N7O8PS. The number of carbonyl (C=O) groups is 1. The van der Waals surface area contributed by atoms with Crippen LogP contribution in [0.3, 0.4) is 0 Å². The Balaban J connectivity index is 1.45. The fourth-order valence-corrected chi connectivity index (χ4v) is 8.16. The monoisotopic (exact) mass is 645 g/mol. The van der Waals surface area contributed by atoms with Crippen LogP contribution in [0, 0.1) is 11.3 Å². The van der Waals surface area contributed by atoms with Gasteiger partial charge in [-0.05, 0) is 26.3 Å². The second-order valence-electron chi connectivity index (χ2n) is 12.4. The predicted octanol–water partition coefficient (Wildman–Crippen LogP) is 1.43. The molecule has 0 aliphatic carbocycles. The fourth-order valence-electron chi connectivity index (χ4n) is 5.49. The number of piperazine rings is 1. The van der Waals surface area contributed by atoms with E-state index in [1.165, 1.54) is 17.8 Å². The number of aliphatic hydroxyl groups is 2. The summed E-state index contributed by atoms with van der Waals surface area (Å²) in [6.07, 6.45) is -1.77. The van der Waals surface area contributed by atoms with Crippen molar-refractivity contribution in [1.29, 1.82) is 0 Å². The number of aromatic nitrogens is 4. The summed E-state index contributed by atoms with van der Waals surface area (Å²) in [6.45, 7) is 11.2. The Bertz CT molecular complexity index is 1390. The van der Waals surface area contributed by atoms with Crippen LogP contribution in [0.15, 0.2) is 11.1 Å². The van der Waals surface area contributed by atoms with E-state index in [1.807, 2.05) is 20.9 Å². The Morgan fingerprint density at radius 2 is 2.00 bits per heavy atom. The number of fused-ring (bicyclic) bond motifs is 1. The summed E-state index contributed by atoms with van der Waals surface area (Å²) in [5, 5.41) is 22.3. The van der Waals surface area contributed by atoms with Crippen molar-refractivity contribution < 1.29 is 33.4 Å². The summed E-state index contributed by atoms with van der Waals surface area (Å²) in [5.74, 6) is 0.523. The summed E-state index contributed by atoms with van der Waals surface area (Å²) in [5.41, 5.74) is 2.84. The first-order chi connectivity index (χ1) is 20.0. The standard InChI is InChI=1S/C26H44N7O8PS/c1-16(2)13-25(3,4)23(36)43-12-11-39-42(38,32-9-7-31(6)8-10-32)40-14-17-19(34)26(5,37)22(41-17)33-15-28-18-20(33)29-24(27)30-21(18)35/h15-17,19,22,34,37H,7-14H2,1-6H3,(H3,27,29,30,35). The van der Waals surface area contributed by atoms with Gasteiger partial charge in [0, 0.05) is 37.3 Å². The second kappa shape index (κ2) is 13.2. The van der Waals surface area contributed by atoms with E-state index in [0.29, 0.717) is 37.8 Å². The van der Waals surface area contributed by atoms with E-state index in [0.717, 1.165) is 18.2 Å². The number of nitrogens with zero attached hydrogens (tertiary/aromatic N) is 5. The molecular weight excluding hydrogens is 601 g/mol. The molecule has 0 spiro atoms. The van der Waals surface area contributed by atoms with Gasteiger partial charge in [-0.1, -0.05) is 39.5 Å². The van der Waals surface area contributed by atoms with Crippen molar-refractivity contribution in [2.45, 2.75) is 65.1 Å². The van der Waals surface area contributed by atoms with Crippen molar-refractivity contribution in [1.82, 2.24) is 29.1 Å². The van der Waals surface area contributed by atoms with Gasteiger partial charge in [0.15, 0.2) is 22.5 Å². The number of rotatable bonds is 12. The average molecular weight is 646 g/mol. The Morgan fingerprint density at radius 3 is 2.65 bits per heavy atom. The number of H-pyrrole nitrogens is 1. The predicted molar refractivity (Wildman–Crippen MR) is 162 cm³/mol. The highest BCUT2D eigenvalue weighted by atomic mass is 32.2. The van der Waals surface area contributed by atoms with Gasteiger partial charge in [-0.2, -0.15) is 4.98 Å². The van der Waals surface area contributed by atoms with Crippen LogP contribution in [0.4, 0.5) is 5.95 Å². The molecule has 2 fully saturated rings. The molecule has 4 heterocycles. The van der Waals surface area contributed by atoms with Crippen molar-refractivity contribution in [3.8, 4) is 0 Å². The van der Waals surface area contributed by atoms with Crippen molar-refractivity contribution >= 4 is 41.7 Å². The van der Waals surface area contributed by atoms with Crippen LogP contribution in [0.1, 0.15) is 47.3 Å². The molecule has 0 saturated carbocycles. The topological polar surface area (TPSA) is 198 Å². The molecule has 15 nitrogen and oxygen atoms in total. The van der Waals surface area contributed by atoms with Gasteiger partial charge in [-0.15, -0.1) is 0 Å². The number of anilines is 1. The Labute approximate surface area is 255 Å². The first-order valence-electron chi connectivity index (χ1n) is 14.3. The third kappa shape index (κ3) is 7.51. The lowest BCUT2D eigenvalue weighted by Gasteiger charge is -2.36. The summed E-state index contributed by atoms with van der Waals surface area (Å²) < 4.78 is 34.9. The van der Waals surface area contributed by atoms with Gasteiger partial charge in [0.2, 0.25) is 5.95 Å². The van der Waals surface area contributed by atoms with Gasteiger partial charge in [-0.25, -0.2) is 14.2 Å². The molecule has 0 bridgehead atoms. The van der Waals surface area contributed by atoms with Crippen molar-refractivity contribution in [3.05, 3.63) is 16.7 Å². The molecule has 5 unspecified atom stereocenters. The molecule has 2 aliphatic heterocycles. The number of hydrogen-bond donors (Lipinski definition) is 4. The average Bonchev–Trinajstić information content (AvgIpc) is 3.42.